The van der Waals surface area contributed by atoms with E-state index in [0.717, 1.165) is 31.4 Å². The molecule has 3 unspecified atom stereocenters. The van der Waals surface area contributed by atoms with Crippen molar-refractivity contribution in [3.8, 4) is 0 Å². The second-order valence-corrected chi connectivity index (χ2v) is 9.53. The van der Waals surface area contributed by atoms with Crippen LogP contribution >= 0.6 is 11.3 Å². The van der Waals surface area contributed by atoms with Gasteiger partial charge < -0.3 is 9.88 Å². The smallest absolute Gasteiger partial charge is 0.231 e. The summed E-state index contributed by atoms with van der Waals surface area (Å²) >= 11 is -0.302. The Labute approximate surface area is 201 Å². The van der Waals surface area contributed by atoms with E-state index in [9.17, 15) is 9.00 Å². The lowest BCUT2D eigenvalue weighted by Crippen LogP contribution is -2.20. The van der Waals surface area contributed by atoms with Gasteiger partial charge in [-0.15, -0.1) is 11.3 Å². The SMILES string of the molecule is CC.Cc1ccn(Cc2csc(C(=O)c3cncnc3NC3CCC(COS(N)=O)C3)c2)c1. The number of nitrogens with zero attached hydrogens (tertiary/aromatic N) is 3. The summed E-state index contributed by atoms with van der Waals surface area (Å²) in [4.78, 5) is 22.2. The van der Waals surface area contributed by atoms with Crippen LogP contribution in [0.2, 0.25) is 0 Å². The molecule has 8 nitrogen and oxygen atoms in total. The Hall–Kier alpha value is -2.40. The van der Waals surface area contributed by atoms with Crippen molar-refractivity contribution in [1.82, 2.24) is 14.5 Å². The maximum absolute atomic E-state index is 13.2. The summed E-state index contributed by atoms with van der Waals surface area (Å²) in [5.41, 5.74) is 2.77. The van der Waals surface area contributed by atoms with Gasteiger partial charge in [0.2, 0.25) is 17.0 Å². The van der Waals surface area contributed by atoms with Crippen molar-refractivity contribution in [3.05, 3.63) is 64.0 Å². The zero-order chi connectivity index (χ0) is 23.8. The van der Waals surface area contributed by atoms with Crippen LogP contribution < -0.4 is 10.5 Å². The van der Waals surface area contributed by atoms with E-state index in [2.05, 4.69) is 39.0 Å². The predicted molar refractivity (Wildman–Crippen MR) is 132 cm³/mol. The molecule has 1 saturated carbocycles. The summed E-state index contributed by atoms with van der Waals surface area (Å²) in [5.74, 6) is 0.743. The second kappa shape index (κ2) is 12.2. The fraction of sp³-hybridized carbons (Fsp3) is 0.435. The third-order valence-corrected chi connectivity index (χ3v) is 6.75. The van der Waals surface area contributed by atoms with Gasteiger partial charge in [0.25, 0.3) is 0 Å². The molecule has 0 amide bonds. The lowest BCUT2D eigenvalue weighted by molar-refractivity contribution is 0.104. The first-order chi connectivity index (χ1) is 16.0. The monoisotopic (exact) mass is 489 g/mol. The van der Waals surface area contributed by atoms with Crippen LogP contribution in [0.1, 0.15) is 59.5 Å². The van der Waals surface area contributed by atoms with Gasteiger partial charge in [-0.1, -0.05) is 13.8 Å². The first-order valence-corrected chi connectivity index (χ1v) is 13.1. The average Bonchev–Trinajstić information content (AvgIpc) is 3.56. The van der Waals surface area contributed by atoms with E-state index in [4.69, 9.17) is 9.32 Å². The number of thiophene rings is 1. The van der Waals surface area contributed by atoms with Crippen molar-refractivity contribution >= 4 is 34.2 Å². The van der Waals surface area contributed by atoms with Crippen LogP contribution in [0.15, 0.2) is 42.4 Å². The number of rotatable bonds is 9. The lowest BCUT2D eigenvalue weighted by Gasteiger charge is -2.15. The van der Waals surface area contributed by atoms with Gasteiger partial charge >= 0.3 is 0 Å². The van der Waals surface area contributed by atoms with E-state index in [1.54, 1.807) is 6.20 Å². The van der Waals surface area contributed by atoms with Crippen LogP contribution in [0.25, 0.3) is 0 Å². The van der Waals surface area contributed by atoms with Crippen molar-refractivity contribution < 1.29 is 13.2 Å². The largest absolute Gasteiger partial charge is 0.367 e. The summed E-state index contributed by atoms with van der Waals surface area (Å²) in [6, 6.07) is 4.17. The number of aromatic nitrogens is 3. The number of nitrogens with one attached hydrogen (secondary N) is 1. The third kappa shape index (κ3) is 7.04. The zero-order valence-electron chi connectivity index (χ0n) is 19.2. The molecule has 3 aromatic rings. The molecule has 33 heavy (non-hydrogen) atoms. The second-order valence-electron chi connectivity index (χ2n) is 7.86. The fourth-order valence-corrected chi connectivity index (χ4v) is 5.09. The van der Waals surface area contributed by atoms with Crippen LogP contribution in [-0.4, -0.2) is 37.2 Å². The highest BCUT2D eigenvalue weighted by molar-refractivity contribution is 7.77. The van der Waals surface area contributed by atoms with E-state index in [1.165, 1.54) is 23.2 Å². The molecule has 1 aliphatic carbocycles. The molecule has 0 radical (unpaired) electrons. The highest BCUT2D eigenvalue weighted by Gasteiger charge is 2.27. The number of hydrogen-bond donors (Lipinski definition) is 2. The van der Waals surface area contributed by atoms with E-state index < -0.39 is 11.3 Å². The number of hydrogen-bond acceptors (Lipinski definition) is 7. The van der Waals surface area contributed by atoms with Crippen molar-refractivity contribution in [2.75, 3.05) is 11.9 Å². The van der Waals surface area contributed by atoms with Gasteiger partial charge in [0.1, 0.15) is 12.1 Å². The predicted octanol–water partition coefficient (Wildman–Crippen LogP) is 4.09. The van der Waals surface area contributed by atoms with E-state index in [1.807, 2.05) is 31.5 Å². The normalized spacial score (nSPS) is 18.4. The van der Waals surface area contributed by atoms with Crippen LogP contribution in [0.5, 0.6) is 0 Å². The van der Waals surface area contributed by atoms with Gasteiger partial charge in [0, 0.05) is 31.2 Å². The number of aryl methyl sites for hydroxylation is 1. The first kappa shape index (κ1) is 25.2. The summed E-state index contributed by atoms with van der Waals surface area (Å²) in [5, 5.41) is 10.6. The molecule has 0 bridgehead atoms. The zero-order valence-corrected chi connectivity index (χ0v) is 20.8. The van der Waals surface area contributed by atoms with Crippen molar-refractivity contribution in [1.29, 1.82) is 0 Å². The molecule has 3 heterocycles. The molecule has 3 N–H and O–H groups in total. The molecular weight excluding hydrogens is 458 g/mol. The molecule has 0 aliphatic heterocycles. The molecule has 0 aromatic carbocycles. The van der Waals surface area contributed by atoms with Crippen LogP contribution in [0, 0.1) is 12.8 Å². The molecule has 4 rings (SSSR count). The summed E-state index contributed by atoms with van der Waals surface area (Å²) < 4.78 is 18.1. The standard InChI is InChI=1S/C21H25N5O3S2.C2H6/c1-14-4-5-26(9-14)10-16-7-19(30-12-16)20(27)18-8-23-13-24-21(18)25-17-3-2-15(6-17)11-29-31(22)28;1-2/h4-5,7-9,12-13,15,17H,2-3,6,10-11,22H2,1H3,(H,23,24,25);1-2H3. The molecule has 3 aromatic heterocycles. The van der Waals surface area contributed by atoms with Gasteiger partial charge in [-0.2, -0.15) is 0 Å². The van der Waals surface area contributed by atoms with Gasteiger partial charge in [-0.3, -0.25) is 8.98 Å². The molecule has 1 aliphatic rings. The highest BCUT2D eigenvalue weighted by atomic mass is 32.2. The van der Waals surface area contributed by atoms with Crippen molar-refractivity contribution in [2.24, 2.45) is 11.1 Å². The minimum atomic E-state index is -1.74. The summed E-state index contributed by atoms with van der Waals surface area (Å²) in [6.45, 7) is 7.16. The van der Waals surface area contributed by atoms with Gasteiger partial charge in [-0.25, -0.2) is 19.3 Å². The third-order valence-electron chi connectivity index (χ3n) is 5.40. The Kier molecular flexibility index (Phi) is 9.30. The Morgan fingerprint density at radius 1 is 1.39 bits per heavy atom. The highest BCUT2D eigenvalue weighted by Crippen LogP contribution is 2.30. The Balaban J connectivity index is 0.00000149. The molecule has 0 saturated heterocycles. The Morgan fingerprint density at radius 3 is 2.94 bits per heavy atom. The quantitative estimate of drug-likeness (QED) is 0.438. The number of ketones is 1. The molecule has 178 valence electrons. The number of carbonyl (C=O) groups excluding carboxylic acids is 1. The van der Waals surface area contributed by atoms with Crippen LogP contribution in [-0.2, 0) is 22.0 Å². The summed E-state index contributed by atoms with van der Waals surface area (Å²) in [6.07, 6.45) is 9.83. The van der Waals surface area contributed by atoms with Gasteiger partial charge in [0.15, 0.2) is 0 Å². The Bertz CT molecular complexity index is 1080. The van der Waals surface area contributed by atoms with E-state index in [0.29, 0.717) is 22.9 Å². The van der Waals surface area contributed by atoms with E-state index in [-0.39, 0.29) is 17.7 Å². The fourth-order valence-electron chi connectivity index (χ4n) is 3.91. The topological polar surface area (TPSA) is 112 Å². The maximum Gasteiger partial charge on any atom is 0.231 e. The average molecular weight is 490 g/mol. The maximum atomic E-state index is 13.2. The van der Waals surface area contributed by atoms with E-state index >= 15 is 0 Å². The number of carbonyl (C=O) groups is 1. The first-order valence-electron chi connectivity index (χ1n) is 11.1. The molecule has 1 fully saturated rings. The van der Waals surface area contributed by atoms with Crippen LogP contribution in [0.3, 0.4) is 0 Å². The van der Waals surface area contributed by atoms with Gasteiger partial charge in [-0.05, 0) is 60.7 Å². The van der Waals surface area contributed by atoms with Crippen molar-refractivity contribution in [2.45, 2.75) is 52.6 Å². The van der Waals surface area contributed by atoms with Gasteiger partial charge in [0.05, 0.1) is 17.0 Å². The molecule has 0 spiro atoms. The number of nitrogens with two attached hydrogens (primary N) is 1. The summed E-state index contributed by atoms with van der Waals surface area (Å²) in [7, 11) is 0. The lowest BCUT2D eigenvalue weighted by atomic mass is 10.1. The molecule has 10 heteroatoms. The molecular formula is C23H31N5O3S2. The van der Waals surface area contributed by atoms with Crippen LogP contribution in [0.4, 0.5) is 5.82 Å². The minimum Gasteiger partial charge on any atom is -0.367 e. The minimum absolute atomic E-state index is 0.0838. The molecule has 3 atom stereocenters. The van der Waals surface area contributed by atoms with Crippen molar-refractivity contribution in [3.63, 3.8) is 0 Å². The number of anilines is 1. The Morgan fingerprint density at radius 2 is 2.21 bits per heavy atom.